The summed E-state index contributed by atoms with van der Waals surface area (Å²) < 4.78 is 0. The summed E-state index contributed by atoms with van der Waals surface area (Å²) in [5, 5.41) is 7.87. The summed E-state index contributed by atoms with van der Waals surface area (Å²) in [7, 11) is 0. The molecule has 160 valence electrons. The molecule has 0 aliphatic carbocycles. The minimum absolute atomic E-state index is 0.143. The molecule has 1 aromatic heterocycles. The van der Waals surface area contributed by atoms with E-state index in [0.717, 1.165) is 28.0 Å². The third-order valence-electron chi connectivity index (χ3n) is 5.12. The largest absolute Gasteiger partial charge is 0.344 e. The molecule has 0 aliphatic rings. The fourth-order valence-corrected chi connectivity index (χ4v) is 4.16. The van der Waals surface area contributed by atoms with Crippen LogP contribution in [0.25, 0.3) is 6.08 Å². The highest BCUT2D eigenvalue weighted by Gasteiger charge is 2.20. The first-order chi connectivity index (χ1) is 14.9. The van der Waals surface area contributed by atoms with Crippen LogP contribution in [0.1, 0.15) is 56.9 Å². The SMILES string of the molecule is CC[C@H](NC(=O)/C(=C/c1cccs1)NC(=O)c1cccc(C)c1)c1ccc(C)cc1C. The van der Waals surface area contributed by atoms with Gasteiger partial charge in [-0.05, 0) is 68.0 Å². The van der Waals surface area contributed by atoms with E-state index in [1.54, 1.807) is 18.2 Å². The molecule has 0 aliphatic heterocycles. The number of nitrogens with one attached hydrogen (secondary N) is 2. The van der Waals surface area contributed by atoms with Crippen LogP contribution in [0.3, 0.4) is 0 Å². The Balaban J connectivity index is 1.86. The van der Waals surface area contributed by atoms with Gasteiger partial charge in [-0.25, -0.2) is 0 Å². The lowest BCUT2D eigenvalue weighted by atomic mass is 9.97. The third kappa shape index (κ3) is 5.92. The van der Waals surface area contributed by atoms with Gasteiger partial charge in [0, 0.05) is 10.4 Å². The Kier molecular flexibility index (Phi) is 7.42. The molecule has 2 amide bonds. The number of hydrogen-bond acceptors (Lipinski definition) is 3. The normalized spacial score (nSPS) is 12.3. The van der Waals surface area contributed by atoms with Crippen molar-refractivity contribution in [1.29, 1.82) is 0 Å². The van der Waals surface area contributed by atoms with Crippen molar-refractivity contribution in [3.8, 4) is 0 Å². The molecule has 2 aromatic carbocycles. The molecular weight excluding hydrogens is 404 g/mol. The first-order valence-corrected chi connectivity index (χ1v) is 11.3. The standard InChI is InChI=1S/C26H28N2O2S/c1-5-23(22-12-11-18(3)14-19(22)4)27-26(30)24(16-21-10-7-13-31-21)28-25(29)20-9-6-8-17(2)15-20/h6-16,23H,5H2,1-4H3,(H,27,30)(H,28,29)/b24-16-/t23-/m0/s1. The van der Waals surface area contributed by atoms with E-state index in [-0.39, 0.29) is 23.6 Å². The second-order valence-corrected chi connectivity index (χ2v) is 8.67. The fourth-order valence-electron chi connectivity index (χ4n) is 3.51. The van der Waals surface area contributed by atoms with Crippen LogP contribution in [0.4, 0.5) is 0 Å². The van der Waals surface area contributed by atoms with Crippen LogP contribution in [-0.2, 0) is 4.79 Å². The molecule has 0 fully saturated rings. The number of aryl methyl sites for hydroxylation is 3. The second kappa shape index (κ2) is 10.2. The predicted octanol–water partition coefficient (Wildman–Crippen LogP) is 5.71. The molecule has 1 atom stereocenters. The highest BCUT2D eigenvalue weighted by atomic mass is 32.1. The minimum atomic E-state index is -0.304. The smallest absolute Gasteiger partial charge is 0.268 e. The number of carbonyl (C=O) groups excluding carboxylic acids is 2. The molecule has 0 spiro atoms. The Morgan fingerprint density at radius 2 is 1.77 bits per heavy atom. The van der Waals surface area contributed by atoms with Gasteiger partial charge in [0.1, 0.15) is 5.70 Å². The average Bonchev–Trinajstić information content (AvgIpc) is 3.25. The zero-order valence-electron chi connectivity index (χ0n) is 18.4. The number of thiophene rings is 1. The van der Waals surface area contributed by atoms with Crippen molar-refractivity contribution in [2.24, 2.45) is 0 Å². The molecule has 31 heavy (non-hydrogen) atoms. The van der Waals surface area contributed by atoms with Crippen molar-refractivity contribution >= 4 is 29.2 Å². The molecular formula is C26H28N2O2S. The van der Waals surface area contributed by atoms with Crippen molar-refractivity contribution in [2.75, 3.05) is 0 Å². The summed E-state index contributed by atoms with van der Waals surface area (Å²) >= 11 is 1.51. The highest BCUT2D eigenvalue weighted by Crippen LogP contribution is 2.22. The van der Waals surface area contributed by atoms with Crippen molar-refractivity contribution in [3.63, 3.8) is 0 Å². The van der Waals surface area contributed by atoms with Crippen LogP contribution in [-0.4, -0.2) is 11.8 Å². The van der Waals surface area contributed by atoms with Crippen molar-refractivity contribution in [1.82, 2.24) is 10.6 Å². The van der Waals surface area contributed by atoms with Gasteiger partial charge in [0.05, 0.1) is 6.04 Å². The van der Waals surface area contributed by atoms with E-state index in [9.17, 15) is 9.59 Å². The van der Waals surface area contributed by atoms with Gasteiger partial charge in [0.25, 0.3) is 11.8 Å². The lowest BCUT2D eigenvalue weighted by Gasteiger charge is -2.21. The van der Waals surface area contributed by atoms with Crippen molar-refractivity contribution < 1.29 is 9.59 Å². The van der Waals surface area contributed by atoms with Crippen LogP contribution >= 0.6 is 11.3 Å². The molecule has 1 heterocycles. The lowest BCUT2D eigenvalue weighted by Crippen LogP contribution is -2.37. The topological polar surface area (TPSA) is 58.2 Å². The van der Waals surface area contributed by atoms with Gasteiger partial charge in [0.15, 0.2) is 0 Å². The van der Waals surface area contributed by atoms with Gasteiger partial charge in [-0.15, -0.1) is 11.3 Å². The van der Waals surface area contributed by atoms with Crippen LogP contribution in [0, 0.1) is 20.8 Å². The van der Waals surface area contributed by atoms with Gasteiger partial charge >= 0.3 is 0 Å². The van der Waals surface area contributed by atoms with E-state index in [1.165, 1.54) is 16.9 Å². The number of hydrogen-bond donors (Lipinski definition) is 2. The molecule has 0 unspecified atom stereocenters. The number of rotatable bonds is 7. The van der Waals surface area contributed by atoms with Crippen molar-refractivity contribution in [3.05, 3.63) is 98.4 Å². The summed E-state index contributed by atoms with van der Waals surface area (Å²) in [6, 6.07) is 17.2. The Morgan fingerprint density at radius 3 is 2.42 bits per heavy atom. The molecule has 5 heteroatoms. The van der Waals surface area contributed by atoms with E-state index in [0.29, 0.717) is 5.56 Å². The van der Waals surface area contributed by atoms with Crippen LogP contribution in [0.2, 0.25) is 0 Å². The summed E-state index contributed by atoms with van der Waals surface area (Å²) in [6.45, 7) is 8.08. The van der Waals surface area contributed by atoms with Gasteiger partial charge in [-0.1, -0.05) is 54.4 Å². The highest BCUT2D eigenvalue weighted by molar-refractivity contribution is 7.10. The Labute approximate surface area is 188 Å². The maximum Gasteiger partial charge on any atom is 0.268 e. The van der Waals surface area contributed by atoms with Gasteiger partial charge in [-0.3, -0.25) is 9.59 Å². The monoisotopic (exact) mass is 432 g/mol. The molecule has 2 N–H and O–H groups in total. The molecule has 0 bridgehead atoms. The second-order valence-electron chi connectivity index (χ2n) is 7.69. The Hall–Kier alpha value is -3.18. The van der Waals surface area contributed by atoms with E-state index < -0.39 is 0 Å². The first-order valence-electron chi connectivity index (χ1n) is 10.4. The average molecular weight is 433 g/mol. The Morgan fingerprint density at radius 1 is 1.00 bits per heavy atom. The summed E-state index contributed by atoms with van der Waals surface area (Å²) in [6.07, 6.45) is 2.47. The van der Waals surface area contributed by atoms with Gasteiger partial charge < -0.3 is 10.6 Å². The van der Waals surface area contributed by atoms with Crippen molar-refractivity contribution in [2.45, 2.75) is 40.2 Å². The maximum absolute atomic E-state index is 13.2. The maximum atomic E-state index is 13.2. The summed E-state index contributed by atoms with van der Waals surface area (Å²) in [5.74, 6) is -0.609. The van der Waals surface area contributed by atoms with E-state index in [2.05, 4.69) is 42.7 Å². The third-order valence-corrected chi connectivity index (χ3v) is 5.94. The molecule has 0 radical (unpaired) electrons. The molecule has 0 saturated carbocycles. The number of amides is 2. The van der Waals surface area contributed by atoms with E-state index >= 15 is 0 Å². The van der Waals surface area contributed by atoms with Crippen LogP contribution < -0.4 is 10.6 Å². The zero-order chi connectivity index (χ0) is 22.4. The number of benzene rings is 2. The van der Waals surface area contributed by atoms with E-state index in [4.69, 9.17) is 0 Å². The number of carbonyl (C=O) groups is 2. The van der Waals surface area contributed by atoms with Crippen LogP contribution in [0.15, 0.2) is 65.7 Å². The molecule has 3 rings (SSSR count). The molecule has 4 nitrogen and oxygen atoms in total. The predicted molar refractivity (Wildman–Crippen MR) is 128 cm³/mol. The van der Waals surface area contributed by atoms with Gasteiger partial charge in [-0.2, -0.15) is 0 Å². The fraction of sp³-hybridized carbons (Fsp3) is 0.231. The van der Waals surface area contributed by atoms with Gasteiger partial charge in [0.2, 0.25) is 0 Å². The van der Waals surface area contributed by atoms with Crippen LogP contribution in [0.5, 0.6) is 0 Å². The Bertz CT molecular complexity index is 1100. The lowest BCUT2D eigenvalue weighted by molar-refractivity contribution is -0.118. The summed E-state index contributed by atoms with van der Waals surface area (Å²) in [4.78, 5) is 27.0. The molecule has 0 saturated heterocycles. The quantitative estimate of drug-likeness (QED) is 0.470. The first kappa shape index (κ1) is 22.5. The molecule has 3 aromatic rings. The van der Waals surface area contributed by atoms with E-state index in [1.807, 2.05) is 43.5 Å². The minimum Gasteiger partial charge on any atom is -0.344 e. The zero-order valence-corrected chi connectivity index (χ0v) is 19.2. The summed E-state index contributed by atoms with van der Waals surface area (Å²) in [5.41, 5.74) is 5.15.